The molecule has 0 aliphatic carbocycles. The first-order valence-corrected chi connectivity index (χ1v) is 7.97. The minimum absolute atomic E-state index is 0.233. The Morgan fingerprint density at radius 3 is 2.73 bits per heavy atom. The van der Waals surface area contributed by atoms with Crippen molar-refractivity contribution in [2.75, 3.05) is 0 Å². The third-order valence-corrected chi connectivity index (χ3v) is 3.95. The number of hydrogen-bond donors (Lipinski definition) is 1. The van der Waals surface area contributed by atoms with Gasteiger partial charge in [-0.05, 0) is 38.8 Å². The Hall–Kier alpha value is -1.81. The lowest BCUT2D eigenvalue weighted by molar-refractivity contribution is 0.214. The number of rotatable bonds is 7. The number of nitrogens with zero attached hydrogens (tertiary/aromatic N) is 2. The minimum Gasteiger partial charge on any atom is -0.490 e. The van der Waals surface area contributed by atoms with Crippen molar-refractivity contribution in [2.24, 2.45) is 7.05 Å². The van der Waals surface area contributed by atoms with E-state index in [0.29, 0.717) is 0 Å². The van der Waals surface area contributed by atoms with Gasteiger partial charge in [-0.25, -0.2) is 0 Å². The van der Waals surface area contributed by atoms with Gasteiger partial charge in [0.05, 0.1) is 12.3 Å². The Morgan fingerprint density at radius 2 is 2.09 bits per heavy atom. The molecule has 4 heteroatoms. The first-order valence-electron chi connectivity index (χ1n) is 7.97. The van der Waals surface area contributed by atoms with Crippen LogP contribution in [0.1, 0.15) is 49.9 Å². The number of nitrogens with one attached hydrogen (secondary N) is 1. The van der Waals surface area contributed by atoms with E-state index in [-0.39, 0.29) is 12.1 Å². The summed E-state index contributed by atoms with van der Waals surface area (Å²) >= 11 is 0. The van der Waals surface area contributed by atoms with E-state index in [1.54, 1.807) is 0 Å². The van der Waals surface area contributed by atoms with E-state index in [4.69, 9.17) is 4.74 Å². The van der Waals surface area contributed by atoms with Gasteiger partial charge in [-0.2, -0.15) is 5.10 Å². The van der Waals surface area contributed by atoms with Gasteiger partial charge in [-0.15, -0.1) is 0 Å². The van der Waals surface area contributed by atoms with Gasteiger partial charge in [0.25, 0.3) is 0 Å². The lowest BCUT2D eigenvalue weighted by Gasteiger charge is -2.18. The molecule has 1 aromatic carbocycles. The predicted octanol–water partition coefficient (Wildman–Crippen LogP) is 3.76. The minimum atomic E-state index is 0.233. The topological polar surface area (TPSA) is 39.1 Å². The summed E-state index contributed by atoms with van der Waals surface area (Å²) in [7, 11) is 1.94. The number of aromatic nitrogens is 2. The Balaban J connectivity index is 2.05. The molecule has 0 radical (unpaired) electrons. The molecule has 0 saturated carbocycles. The van der Waals surface area contributed by atoms with Crippen molar-refractivity contribution in [3.63, 3.8) is 0 Å². The highest BCUT2D eigenvalue weighted by Crippen LogP contribution is 2.23. The number of aryl methyl sites for hydroxylation is 2. The van der Waals surface area contributed by atoms with Crippen LogP contribution >= 0.6 is 0 Å². The molecule has 0 saturated heterocycles. The van der Waals surface area contributed by atoms with Gasteiger partial charge in [-0.3, -0.25) is 4.68 Å². The van der Waals surface area contributed by atoms with Crippen molar-refractivity contribution in [2.45, 2.75) is 52.8 Å². The van der Waals surface area contributed by atoms with Crippen molar-refractivity contribution in [3.8, 4) is 5.75 Å². The SMILES string of the molecule is CC[C@H](C)Oc1cc(C)ccc1CN[C@@H](C)c1cnn(C)c1. The molecule has 2 rings (SSSR count). The van der Waals surface area contributed by atoms with Gasteiger partial charge < -0.3 is 10.1 Å². The van der Waals surface area contributed by atoms with E-state index >= 15 is 0 Å². The third kappa shape index (κ3) is 4.34. The Morgan fingerprint density at radius 1 is 1.32 bits per heavy atom. The molecule has 0 bridgehead atoms. The molecular weight excluding hydrogens is 274 g/mol. The molecule has 0 amide bonds. The molecule has 22 heavy (non-hydrogen) atoms. The molecule has 1 aromatic heterocycles. The van der Waals surface area contributed by atoms with Crippen LogP contribution in [0.5, 0.6) is 5.75 Å². The lowest BCUT2D eigenvalue weighted by atomic mass is 10.1. The quantitative estimate of drug-likeness (QED) is 0.846. The number of ether oxygens (including phenoxy) is 1. The Bertz CT molecular complexity index is 606. The average Bonchev–Trinajstić information content (AvgIpc) is 2.92. The van der Waals surface area contributed by atoms with Gasteiger partial charge >= 0.3 is 0 Å². The molecule has 1 N–H and O–H groups in total. The van der Waals surface area contributed by atoms with Crippen molar-refractivity contribution >= 4 is 0 Å². The predicted molar refractivity (Wildman–Crippen MR) is 90.0 cm³/mol. The molecule has 4 nitrogen and oxygen atoms in total. The van der Waals surface area contributed by atoms with Crippen molar-refractivity contribution < 1.29 is 4.74 Å². The van der Waals surface area contributed by atoms with Crippen LogP contribution in [0, 0.1) is 6.92 Å². The average molecular weight is 301 g/mol. The number of benzene rings is 1. The second-order valence-electron chi connectivity index (χ2n) is 6.00. The summed E-state index contributed by atoms with van der Waals surface area (Å²) in [6, 6.07) is 6.66. The lowest BCUT2D eigenvalue weighted by Crippen LogP contribution is -2.19. The maximum absolute atomic E-state index is 6.06. The van der Waals surface area contributed by atoms with Crippen LogP contribution in [-0.2, 0) is 13.6 Å². The fourth-order valence-corrected chi connectivity index (χ4v) is 2.26. The van der Waals surface area contributed by atoms with E-state index in [1.807, 2.05) is 24.1 Å². The summed E-state index contributed by atoms with van der Waals surface area (Å²) in [5.41, 5.74) is 3.61. The molecule has 2 aromatic rings. The highest BCUT2D eigenvalue weighted by molar-refractivity contribution is 5.37. The first-order chi connectivity index (χ1) is 10.5. The summed E-state index contributed by atoms with van der Waals surface area (Å²) in [6.45, 7) is 9.28. The Kier molecular flexibility index (Phi) is 5.61. The molecule has 0 aliphatic heterocycles. The van der Waals surface area contributed by atoms with Crippen LogP contribution in [0.2, 0.25) is 0 Å². The standard InChI is InChI=1S/C18H27N3O/c1-6-14(3)22-18-9-13(2)7-8-16(18)10-19-15(4)17-11-20-21(5)12-17/h7-9,11-12,14-15,19H,6,10H2,1-5H3/t14-,15-/m0/s1. The normalized spacial score (nSPS) is 13.9. The van der Waals surface area contributed by atoms with E-state index in [1.165, 1.54) is 16.7 Å². The second-order valence-corrected chi connectivity index (χ2v) is 6.00. The summed E-state index contributed by atoms with van der Waals surface area (Å²) in [4.78, 5) is 0. The van der Waals surface area contributed by atoms with Gasteiger partial charge in [-0.1, -0.05) is 19.1 Å². The number of hydrogen-bond acceptors (Lipinski definition) is 3. The highest BCUT2D eigenvalue weighted by atomic mass is 16.5. The fraction of sp³-hybridized carbons (Fsp3) is 0.500. The van der Waals surface area contributed by atoms with Crippen LogP contribution in [0.4, 0.5) is 0 Å². The van der Waals surface area contributed by atoms with Gasteiger partial charge in [0, 0.05) is 37.0 Å². The molecule has 1 heterocycles. The first kappa shape index (κ1) is 16.6. The molecule has 0 fully saturated rings. The third-order valence-electron chi connectivity index (χ3n) is 3.95. The summed E-state index contributed by atoms with van der Waals surface area (Å²) < 4.78 is 7.89. The summed E-state index contributed by atoms with van der Waals surface area (Å²) in [5.74, 6) is 0.986. The van der Waals surface area contributed by atoms with Gasteiger partial charge in [0.15, 0.2) is 0 Å². The molecule has 0 spiro atoms. The van der Waals surface area contributed by atoms with Crippen LogP contribution in [0.25, 0.3) is 0 Å². The zero-order valence-electron chi connectivity index (χ0n) is 14.3. The highest BCUT2D eigenvalue weighted by Gasteiger charge is 2.11. The molecule has 0 aliphatic rings. The van der Waals surface area contributed by atoms with Gasteiger partial charge in [0.2, 0.25) is 0 Å². The van der Waals surface area contributed by atoms with Crippen LogP contribution in [0.15, 0.2) is 30.6 Å². The fourth-order valence-electron chi connectivity index (χ4n) is 2.26. The molecule has 0 unspecified atom stereocenters. The zero-order chi connectivity index (χ0) is 16.1. The molecule has 2 atom stereocenters. The van der Waals surface area contributed by atoms with Crippen molar-refractivity contribution in [1.29, 1.82) is 0 Å². The van der Waals surface area contributed by atoms with Crippen LogP contribution in [-0.4, -0.2) is 15.9 Å². The summed E-state index contributed by atoms with van der Waals surface area (Å²) in [5, 5.41) is 7.77. The monoisotopic (exact) mass is 301 g/mol. The van der Waals surface area contributed by atoms with E-state index in [2.05, 4.69) is 56.3 Å². The van der Waals surface area contributed by atoms with Crippen molar-refractivity contribution in [1.82, 2.24) is 15.1 Å². The van der Waals surface area contributed by atoms with Gasteiger partial charge in [0.1, 0.15) is 5.75 Å². The maximum Gasteiger partial charge on any atom is 0.124 e. The van der Waals surface area contributed by atoms with E-state index in [0.717, 1.165) is 18.7 Å². The smallest absolute Gasteiger partial charge is 0.124 e. The van der Waals surface area contributed by atoms with Crippen molar-refractivity contribution in [3.05, 3.63) is 47.3 Å². The van der Waals surface area contributed by atoms with Crippen LogP contribution in [0.3, 0.4) is 0 Å². The maximum atomic E-state index is 6.06. The molecular formula is C18H27N3O. The second kappa shape index (κ2) is 7.45. The van der Waals surface area contributed by atoms with Crippen LogP contribution < -0.4 is 10.1 Å². The summed E-state index contributed by atoms with van der Waals surface area (Å²) in [6.07, 6.45) is 5.19. The Labute approximate surface area is 133 Å². The van der Waals surface area contributed by atoms with E-state index in [9.17, 15) is 0 Å². The molecule has 120 valence electrons. The largest absolute Gasteiger partial charge is 0.490 e. The van der Waals surface area contributed by atoms with E-state index < -0.39 is 0 Å². The zero-order valence-corrected chi connectivity index (χ0v) is 14.3.